The summed E-state index contributed by atoms with van der Waals surface area (Å²) in [5, 5.41) is 0. The summed E-state index contributed by atoms with van der Waals surface area (Å²) in [4.78, 5) is 4.85. The summed E-state index contributed by atoms with van der Waals surface area (Å²) < 4.78 is 5.34. The van der Waals surface area contributed by atoms with Gasteiger partial charge in [0, 0.05) is 19.6 Å². The van der Waals surface area contributed by atoms with Gasteiger partial charge in [-0.15, -0.1) is 0 Å². The van der Waals surface area contributed by atoms with Gasteiger partial charge in [0.05, 0.1) is 13.2 Å². The molecule has 1 aliphatic heterocycles. The van der Waals surface area contributed by atoms with Gasteiger partial charge in [-0.2, -0.15) is 0 Å². The van der Waals surface area contributed by atoms with Gasteiger partial charge in [-0.05, 0) is 39.1 Å². The summed E-state index contributed by atoms with van der Waals surface area (Å²) in [6.45, 7) is 13.2. The molecule has 0 bridgehead atoms. The second-order valence-electron chi connectivity index (χ2n) is 4.61. The number of allylic oxidation sites excluding steroid dienone is 1. The highest BCUT2D eigenvalue weighted by atomic mass is 16.5. The first kappa shape index (κ1) is 14.4. The molecule has 0 atom stereocenters. The molecule has 1 heterocycles. The van der Waals surface area contributed by atoms with Crippen molar-refractivity contribution in [3.05, 3.63) is 24.3 Å². The molecule has 98 valence electrons. The highest BCUT2D eigenvalue weighted by Crippen LogP contribution is 2.02. The molecule has 0 spiro atoms. The van der Waals surface area contributed by atoms with Crippen molar-refractivity contribution in [1.82, 2.24) is 9.80 Å². The maximum absolute atomic E-state index is 5.34. The standard InChI is InChI=1S/C14H26N2O/c1-4-14(5-2)13-15(3)7-6-8-16-9-11-17-12-10-16/h4-5H,1,6-13H2,2-3H3/b14-5+. The molecular formula is C14H26N2O. The van der Waals surface area contributed by atoms with Crippen LogP contribution in [0.15, 0.2) is 24.3 Å². The molecule has 0 amide bonds. The first-order valence-electron chi connectivity index (χ1n) is 6.52. The summed E-state index contributed by atoms with van der Waals surface area (Å²) in [7, 11) is 2.17. The van der Waals surface area contributed by atoms with E-state index >= 15 is 0 Å². The molecule has 0 N–H and O–H groups in total. The van der Waals surface area contributed by atoms with Gasteiger partial charge in [-0.3, -0.25) is 4.90 Å². The molecule has 0 aliphatic carbocycles. The zero-order valence-corrected chi connectivity index (χ0v) is 11.3. The van der Waals surface area contributed by atoms with Gasteiger partial charge in [0.2, 0.25) is 0 Å². The van der Waals surface area contributed by atoms with Crippen LogP contribution in [0.2, 0.25) is 0 Å². The summed E-state index contributed by atoms with van der Waals surface area (Å²) in [5.74, 6) is 0. The first-order valence-corrected chi connectivity index (χ1v) is 6.52. The van der Waals surface area contributed by atoms with Crippen LogP contribution < -0.4 is 0 Å². The monoisotopic (exact) mass is 238 g/mol. The summed E-state index contributed by atoms with van der Waals surface area (Å²) in [6.07, 6.45) is 5.30. The fourth-order valence-electron chi connectivity index (χ4n) is 2.05. The predicted octanol–water partition coefficient (Wildman–Crippen LogP) is 1.77. The van der Waals surface area contributed by atoms with Crippen LogP contribution in [0.3, 0.4) is 0 Å². The lowest BCUT2D eigenvalue weighted by molar-refractivity contribution is 0.0365. The van der Waals surface area contributed by atoms with Crippen molar-refractivity contribution in [2.45, 2.75) is 13.3 Å². The second-order valence-corrected chi connectivity index (χ2v) is 4.61. The highest BCUT2D eigenvalue weighted by molar-refractivity contribution is 5.16. The van der Waals surface area contributed by atoms with Crippen molar-refractivity contribution in [3.8, 4) is 0 Å². The predicted molar refractivity (Wildman–Crippen MR) is 73.3 cm³/mol. The van der Waals surface area contributed by atoms with E-state index < -0.39 is 0 Å². The summed E-state index contributed by atoms with van der Waals surface area (Å²) >= 11 is 0. The Morgan fingerprint density at radius 1 is 1.41 bits per heavy atom. The van der Waals surface area contributed by atoms with Gasteiger partial charge in [-0.25, -0.2) is 0 Å². The van der Waals surface area contributed by atoms with Crippen molar-refractivity contribution < 1.29 is 4.74 Å². The smallest absolute Gasteiger partial charge is 0.0594 e. The average molecular weight is 238 g/mol. The molecule has 0 aromatic rings. The van der Waals surface area contributed by atoms with Crippen molar-refractivity contribution in [3.63, 3.8) is 0 Å². The Bertz CT molecular complexity index is 245. The Labute approximate surface area is 106 Å². The molecule has 0 radical (unpaired) electrons. The van der Waals surface area contributed by atoms with Crippen molar-refractivity contribution in [1.29, 1.82) is 0 Å². The molecule has 17 heavy (non-hydrogen) atoms. The number of nitrogens with zero attached hydrogens (tertiary/aromatic N) is 2. The van der Waals surface area contributed by atoms with Gasteiger partial charge >= 0.3 is 0 Å². The molecule has 0 saturated carbocycles. The largest absolute Gasteiger partial charge is 0.379 e. The van der Waals surface area contributed by atoms with Crippen LogP contribution in [0.5, 0.6) is 0 Å². The number of rotatable bonds is 7. The zero-order valence-electron chi connectivity index (χ0n) is 11.3. The van der Waals surface area contributed by atoms with Gasteiger partial charge in [-0.1, -0.05) is 18.7 Å². The van der Waals surface area contributed by atoms with Crippen LogP contribution in [0, 0.1) is 0 Å². The minimum atomic E-state index is 0.898. The van der Waals surface area contributed by atoms with Crippen molar-refractivity contribution in [2.75, 3.05) is 53.0 Å². The SMILES string of the molecule is C=C/C(=C\C)CN(C)CCCN1CCOCC1. The fraction of sp³-hybridized carbons (Fsp3) is 0.714. The lowest BCUT2D eigenvalue weighted by Gasteiger charge is -2.27. The third-order valence-corrected chi connectivity index (χ3v) is 3.20. The van der Waals surface area contributed by atoms with Crippen LogP contribution in [-0.2, 0) is 4.74 Å². The van der Waals surface area contributed by atoms with E-state index in [4.69, 9.17) is 4.74 Å². The molecule has 0 aromatic heterocycles. The summed E-state index contributed by atoms with van der Waals surface area (Å²) in [6, 6.07) is 0. The Hall–Kier alpha value is -0.640. The van der Waals surface area contributed by atoms with Crippen LogP contribution in [0.25, 0.3) is 0 Å². The minimum Gasteiger partial charge on any atom is -0.379 e. The highest BCUT2D eigenvalue weighted by Gasteiger charge is 2.09. The fourth-order valence-corrected chi connectivity index (χ4v) is 2.05. The lowest BCUT2D eigenvalue weighted by atomic mass is 10.2. The van der Waals surface area contributed by atoms with E-state index in [-0.39, 0.29) is 0 Å². The van der Waals surface area contributed by atoms with Gasteiger partial charge in [0.25, 0.3) is 0 Å². The first-order chi connectivity index (χ1) is 8.26. The van der Waals surface area contributed by atoms with Gasteiger partial charge in [0.15, 0.2) is 0 Å². The van der Waals surface area contributed by atoms with E-state index in [1.165, 1.54) is 18.5 Å². The number of hydrogen-bond acceptors (Lipinski definition) is 3. The average Bonchev–Trinajstić information content (AvgIpc) is 2.37. The topological polar surface area (TPSA) is 15.7 Å². The Kier molecular flexibility index (Phi) is 7.17. The van der Waals surface area contributed by atoms with Crippen LogP contribution in [-0.4, -0.2) is 62.8 Å². The van der Waals surface area contributed by atoms with Gasteiger partial charge in [0.1, 0.15) is 0 Å². The number of ether oxygens (including phenoxy) is 1. The van der Waals surface area contributed by atoms with E-state index in [0.717, 1.165) is 39.4 Å². The maximum atomic E-state index is 5.34. The van der Waals surface area contributed by atoms with Crippen LogP contribution >= 0.6 is 0 Å². The van der Waals surface area contributed by atoms with Crippen LogP contribution in [0.4, 0.5) is 0 Å². The van der Waals surface area contributed by atoms with E-state index in [1.54, 1.807) is 0 Å². The number of hydrogen-bond donors (Lipinski definition) is 0. The van der Waals surface area contributed by atoms with Crippen LogP contribution in [0.1, 0.15) is 13.3 Å². The zero-order chi connectivity index (χ0) is 12.5. The third kappa shape index (κ3) is 6.01. The normalized spacial score (nSPS) is 18.6. The molecule has 0 aromatic carbocycles. The molecule has 1 fully saturated rings. The Morgan fingerprint density at radius 2 is 2.12 bits per heavy atom. The van der Waals surface area contributed by atoms with E-state index in [2.05, 4.69) is 36.4 Å². The molecule has 1 rings (SSSR count). The van der Waals surface area contributed by atoms with E-state index in [0.29, 0.717) is 0 Å². The lowest BCUT2D eigenvalue weighted by Crippen LogP contribution is -2.38. The second kappa shape index (κ2) is 8.45. The van der Waals surface area contributed by atoms with E-state index in [1.807, 2.05) is 6.08 Å². The molecule has 3 nitrogen and oxygen atoms in total. The molecule has 1 saturated heterocycles. The number of morpholine rings is 1. The Morgan fingerprint density at radius 3 is 2.71 bits per heavy atom. The molecule has 1 aliphatic rings. The Balaban J connectivity index is 2.10. The quantitative estimate of drug-likeness (QED) is 0.629. The molecular weight excluding hydrogens is 212 g/mol. The van der Waals surface area contributed by atoms with Crippen molar-refractivity contribution in [2.24, 2.45) is 0 Å². The minimum absolute atomic E-state index is 0.898. The molecule has 0 unspecified atom stereocenters. The van der Waals surface area contributed by atoms with Gasteiger partial charge < -0.3 is 9.64 Å². The van der Waals surface area contributed by atoms with Crippen molar-refractivity contribution >= 4 is 0 Å². The number of likely N-dealkylation sites (N-methyl/N-ethyl adjacent to an activating group) is 1. The summed E-state index contributed by atoms with van der Waals surface area (Å²) in [5.41, 5.74) is 1.30. The molecule has 3 heteroatoms. The third-order valence-electron chi connectivity index (χ3n) is 3.20. The maximum Gasteiger partial charge on any atom is 0.0594 e. The van der Waals surface area contributed by atoms with E-state index in [9.17, 15) is 0 Å².